The molecular formula is C55H95N13O16. The molecule has 476 valence electrons. The fourth-order valence-electron chi connectivity index (χ4n) is 9.50. The number of hydrogen-bond acceptors (Lipinski definition) is 16. The summed E-state index contributed by atoms with van der Waals surface area (Å²) >= 11 is 0. The summed E-state index contributed by atoms with van der Waals surface area (Å²) < 4.78 is 0. The fraction of sp³-hybridized carbons (Fsp3) is 0.764. The fourth-order valence-corrected chi connectivity index (χ4v) is 9.50. The molecule has 0 spiro atoms. The highest BCUT2D eigenvalue weighted by molar-refractivity contribution is 5.99. The van der Waals surface area contributed by atoms with Gasteiger partial charge in [0.05, 0.1) is 25.8 Å². The molecule has 2 heterocycles. The Bertz CT molecular complexity index is 2330. The van der Waals surface area contributed by atoms with E-state index in [1.54, 1.807) is 55.4 Å². The number of aliphatic hydroxyl groups is 2. The Kier molecular flexibility index (Phi) is 30.2. The van der Waals surface area contributed by atoms with Gasteiger partial charge in [0, 0.05) is 13.1 Å². The van der Waals surface area contributed by atoms with Crippen molar-refractivity contribution in [3.63, 3.8) is 0 Å². The molecule has 0 unspecified atom stereocenters. The van der Waals surface area contributed by atoms with Gasteiger partial charge in [-0.2, -0.15) is 0 Å². The summed E-state index contributed by atoms with van der Waals surface area (Å²) in [5, 5.41) is 54.6. The van der Waals surface area contributed by atoms with Crippen molar-refractivity contribution >= 4 is 76.9 Å². The van der Waals surface area contributed by atoms with Gasteiger partial charge in [0.25, 0.3) is 0 Å². The number of nitrogens with one attached hydrogen (secondary N) is 10. The van der Waals surface area contributed by atoms with Crippen LogP contribution < -0.4 is 58.9 Å². The number of amides is 12. The third-order valence-electron chi connectivity index (χ3n) is 14.1. The molecule has 0 saturated carbocycles. The van der Waals surface area contributed by atoms with E-state index < -0.39 is 181 Å². The van der Waals surface area contributed by atoms with Gasteiger partial charge >= 0.3 is 5.97 Å². The SMILES string of the molecule is CC(C)C[C@H](NC(=O)[C@@H](NC(=O)[C@H](C)NC(=O)[C@H](CC(C)C)NC(=O)[C@@H]1CCCN1C(=O)[C@@H](NC(=O)[C@H](C)NC(=O)[C@H](CC(C)C)NC(=O)[C@H](CO)NC(=O)CNC(=O)[C@H](CO)NC(=O)[C@@H]1CCCN1C(=O)[C@H](C)N)C(C)C)C(C)C)C(=O)O. The first-order chi connectivity index (χ1) is 39.1. The van der Waals surface area contributed by atoms with Crippen LogP contribution in [0.2, 0.25) is 0 Å². The van der Waals surface area contributed by atoms with Crippen LogP contribution in [-0.4, -0.2) is 207 Å². The zero-order chi connectivity index (χ0) is 64.0. The van der Waals surface area contributed by atoms with E-state index in [0.717, 1.165) is 0 Å². The zero-order valence-corrected chi connectivity index (χ0v) is 50.9. The second kappa shape index (κ2) is 34.7. The molecule has 12 amide bonds. The highest BCUT2D eigenvalue weighted by atomic mass is 16.4. The maximum absolute atomic E-state index is 14.3. The predicted molar refractivity (Wildman–Crippen MR) is 305 cm³/mol. The lowest BCUT2D eigenvalue weighted by molar-refractivity contribution is -0.143. The molecule has 0 aromatic rings. The molecule has 15 N–H and O–H groups in total. The van der Waals surface area contributed by atoms with Crippen molar-refractivity contribution in [1.82, 2.24) is 63.0 Å². The first-order valence-electron chi connectivity index (χ1n) is 29.0. The Morgan fingerprint density at radius 2 is 0.821 bits per heavy atom. The number of carbonyl (C=O) groups is 13. The van der Waals surface area contributed by atoms with Crippen LogP contribution in [0.3, 0.4) is 0 Å². The number of carboxylic acids is 1. The maximum atomic E-state index is 14.3. The van der Waals surface area contributed by atoms with Gasteiger partial charge in [0.1, 0.15) is 66.5 Å². The number of aliphatic hydroxyl groups excluding tert-OH is 2. The summed E-state index contributed by atoms with van der Waals surface area (Å²) in [6.07, 6.45) is 1.73. The minimum absolute atomic E-state index is 0.0232. The lowest BCUT2D eigenvalue weighted by atomic mass is 10.00. The number of nitrogens with two attached hydrogens (primary N) is 1. The second-order valence-electron chi connectivity index (χ2n) is 23.8. The van der Waals surface area contributed by atoms with E-state index in [4.69, 9.17) is 5.73 Å². The Morgan fingerprint density at radius 3 is 1.24 bits per heavy atom. The van der Waals surface area contributed by atoms with E-state index in [-0.39, 0.29) is 56.5 Å². The first-order valence-corrected chi connectivity index (χ1v) is 29.0. The van der Waals surface area contributed by atoms with Crippen molar-refractivity contribution in [2.24, 2.45) is 35.3 Å². The smallest absolute Gasteiger partial charge is 0.326 e. The summed E-state index contributed by atoms with van der Waals surface area (Å²) in [6, 6.07) is -14.6. The minimum Gasteiger partial charge on any atom is -0.480 e. The molecule has 29 nitrogen and oxygen atoms in total. The Balaban J connectivity index is 2.10. The average Bonchev–Trinajstić information content (AvgIpc) is 4.34. The van der Waals surface area contributed by atoms with Crippen molar-refractivity contribution in [3.8, 4) is 0 Å². The summed E-state index contributed by atoms with van der Waals surface area (Å²) in [5.41, 5.74) is 5.70. The van der Waals surface area contributed by atoms with E-state index in [1.165, 1.54) is 30.6 Å². The van der Waals surface area contributed by atoms with Gasteiger partial charge in [-0.05, 0) is 95.3 Å². The van der Waals surface area contributed by atoms with E-state index in [0.29, 0.717) is 19.3 Å². The van der Waals surface area contributed by atoms with Crippen molar-refractivity contribution < 1.29 is 77.6 Å². The summed E-state index contributed by atoms with van der Waals surface area (Å²) in [4.78, 5) is 175. The molecule has 0 radical (unpaired) electrons. The van der Waals surface area contributed by atoms with Crippen molar-refractivity contribution in [3.05, 3.63) is 0 Å². The second-order valence-corrected chi connectivity index (χ2v) is 23.8. The number of likely N-dealkylation sites (tertiary alicyclic amines) is 2. The third kappa shape index (κ3) is 22.9. The van der Waals surface area contributed by atoms with Gasteiger partial charge in [-0.3, -0.25) is 57.5 Å². The van der Waals surface area contributed by atoms with E-state index >= 15 is 0 Å². The topological polar surface area (TPSA) is 435 Å². The maximum Gasteiger partial charge on any atom is 0.326 e. The molecule has 0 aromatic heterocycles. The predicted octanol–water partition coefficient (Wildman–Crippen LogP) is -3.65. The van der Waals surface area contributed by atoms with Crippen LogP contribution in [0.5, 0.6) is 0 Å². The quantitative estimate of drug-likeness (QED) is 0.0301. The lowest BCUT2D eigenvalue weighted by Gasteiger charge is -2.32. The van der Waals surface area contributed by atoms with Crippen molar-refractivity contribution in [1.29, 1.82) is 0 Å². The van der Waals surface area contributed by atoms with Crippen LogP contribution in [0.15, 0.2) is 0 Å². The van der Waals surface area contributed by atoms with Crippen LogP contribution in [-0.2, 0) is 62.3 Å². The monoisotopic (exact) mass is 1190 g/mol. The average molecular weight is 1190 g/mol. The molecule has 2 aliphatic rings. The standard InChI is InChI=1S/C55H95N13O16/c1-26(2)20-34(61-49(77)38(25-70)60-41(71)23-57-46(74)37(24-69)64-51(79)39-16-14-18-67(39)53(81)31(11)56)47(75)59-33(13)45(73)66-43(30(9)10)54(82)68-19-15-17-40(68)50(78)62-35(21-27(3)4)48(76)58-32(12)44(72)65-42(29(7)8)52(80)63-36(55(83)84)22-28(5)6/h26-40,42-43,69-70H,14-25,56H2,1-13H3,(H,57,74)(H,58,76)(H,59,75)(H,60,71)(H,61,77)(H,62,78)(H,63,80)(H,64,79)(H,65,72)(H,66,73)(H,83,84)/t31-,32-,33-,34-,35-,36-,37-,38-,39-,40-,42-,43-/m0/s1. The number of rotatable bonds is 33. The van der Waals surface area contributed by atoms with Gasteiger partial charge in [-0.1, -0.05) is 69.2 Å². The van der Waals surface area contributed by atoms with Gasteiger partial charge in [0.2, 0.25) is 70.9 Å². The Hall–Kier alpha value is -7.01. The largest absolute Gasteiger partial charge is 0.480 e. The minimum atomic E-state index is -1.64. The highest BCUT2D eigenvalue weighted by Crippen LogP contribution is 2.22. The summed E-state index contributed by atoms with van der Waals surface area (Å²) in [5.74, 6) is -11.8. The van der Waals surface area contributed by atoms with Crippen molar-refractivity contribution in [2.45, 2.75) is 207 Å². The number of nitrogens with zero attached hydrogens (tertiary/aromatic N) is 2. The molecule has 2 aliphatic heterocycles. The molecule has 0 aromatic carbocycles. The summed E-state index contributed by atoms with van der Waals surface area (Å²) in [7, 11) is 0. The van der Waals surface area contributed by atoms with E-state index in [1.807, 2.05) is 13.8 Å². The van der Waals surface area contributed by atoms with E-state index in [2.05, 4.69) is 53.2 Å². The van der Waals surface area contributed by atoms with Crippen LogP contribution in [0.4, 0.5) is 0 Å². The van der Waals surface area contributed by atoms with Gasteiger partial charge in [0.15, 0.2) is 0 Å². The molecule has 12 atom stereocenters. The Morgan fingerprint density at radius 1 is 0.440 bits per heavy atom. The zero-order valence-electron chi connectivity index (χ0n) is 50.9. The molecule has 0 bridgehead atoms. The normalized spacial score (nSPS) is 18.7. The molecule has 2 fully saturated rings. The molecule has 84 heavy (non-hydrogen) atoms. The van der Waals surface area contributed by atoms with Gasteiger partial charge < -0.3 is 84.0 Å². The number of carbonyl (C=O) groups excluding carboxylic acids is 12. The summed E-state index contributed by atoms with van der Waals surface area (Å²) in [6.45, 7) is 19.4. The van der Waals surface area contributed by atoms with Crippen LogP contribution in [0.25, 0.3) is 0 Å². The number of carboxylic acid groups (broad SMARTS) is 1. The van der Waals surface area contributed by atoms with Crippen LogP contribution >= 0.6 is 0 Å². The van der Waals surface area contributed by atoms with Gasteiger partial charge in [-0.25, -0.2) is 4.79 Å². The molecule has 2 rings (SSSR count). The molecule has 29 heteroatoms. The molecule has 2 saturated heterocycles. The molecule has 0 aliphatic carbocycles. The highest BCUT2D eigenvalue weighted by Gasteiger charge is 2.42. The first kappa shape index (κ1) is 73.1. The van der Waals surface area contributed by atoms with Crippen LogP contribution in [0, 0.1) is 29.6 Å². The molecular weight excluding hydrogens is 1100 g/mol. The number of hydrogen-bond donors (Lipinski definition) is 14. The van der Waals surface area contributed by atoms with E-state index in [9.17, 15) is 77.6 Å². The van der Waals surface area contributed by atoms with Crippen molar-refractivity contribution in [2.75, 3.05) is 32.8 Å². The van der Waals surface area contributed by atoms with Gasteiger partial charge in [-0.15, -0.1) is 0 Å². The third-order valence-corrected chi connectivity index (χ3v) is 14.1. The van der Waals surface area contributed by atoms with Crippen LogP contribution in [0.1, 0.15) is 135 Å². The Labute approximate surface area is 491 Å². The number of aliphatic carboxylic acids is 1. The lowest BCUT2D eigenvalue weighted by Crippen LogP contribution is -2.61.